The predicted molar refractivity (Wildman–Crippen MR) is 65.3 cm³/mol. The second-order valence-corrected chi connectivity index (χ2v) is 5.58. The smallest absolute Gasteiger partial charge is 0.291 e. The Kier molecular flexibility index (Phi) is 4.18. The molecule has 0 aromatic carbocycles. The van der Waals surface area contributed by atoms with Gasteiger partial charge >= 0.3 is 0 Å². The first-order valence-corrected chi connectivity index (χ1v) is 7.05. The van der Waals surface area contributed by atoms with Crippen molar-refractivity contribution in [2.45, 2.75) is 26.9 Å². The van der Waals surface area contributed by atoms with Crippen molar-refractivity contribution >= 4 is 10.1 Å². The van der Waals surface area contributed by atoms with Gasteiger partial charge in [0.2, 0.25) is 0 Å². The predicted octanol–water partition coefficient (Wildman–Crippen LogP) is 1.30. The van der Waals surface area contributed by atoms with Crippen LogP contribution in [0.4, 0.5) is 0 Å². The second-order valence-electron chi connectivity index (χ2n) is 3.98. The Hall–Kier alpha value is -1.34. The molecular weight excluding hydrogens is 260 g/mol. The fourth-order valence-corrected chi connectivity index (χ4v) is 2.24. The number of methoxy groups -OCH3 is 1. The molecule has 1 aromatic heterocycles. The molecule has 1 rings (SSSR count). The number of hydrogen-bond donors (Lipinski definition) is 0. The van der Waals surface area contributed by atoms with Crippen LogP contribution in [0.25, 0.3) is 0 Å². The Morgan fingerprint density at radius 2 is 1.78 bits per heavy atom. The van der Waals surface area contributed by atoms with Gasteiger partial charge in [-0.05, 0) is 20.8 Å². The van der Waals surface area contributed by atoms with E-state index in [0.717, 1.165) is 6.26 Å². The van der Waals surface area contributed by atoms with Crippen molar-refractivity contribution in [1.82, 2.24) is 0 Å². The Balaban J connectivity index is 3.33. The quantitative estimate of drug-likeness (QED) is 0.771. The lowest BCUT2D eigenvalue weighted by Gasteiger charge is -2.14. The summed E-state index contributed by atoms with van der Waals surface area (Å²) < 4.78 is 37.2. The highest BCUT2D eigenvalue weighted by molar-refractivity contribution is 7.86. The average Bonchev–Trinajstić information content (AvgIpc) is 2.24. The molecular formula is C11H16O6S. The molecule has 0 N–H and O–H groups in total. The molecule has 1 unspecified atom stereocenters. The number of hydrogen-bond acceptors (Lipinski definition) is 6. The van der Waals surface area contributed by atoms with Gasteiger partial charge in [0.05, 0.1) is 18.9 Å². The van der Waals surface area contributed by atoms with E-state index in [1.54, 1.807) is 13.8 Å². The van der Waals surface area contributed by atoms with Crippen LogP contribution < -0.4 is 10.2 Å². The lowest BCUT2D eigenvalue weighted by Crippen LogP contribution is -2.17. The van der Waals surface area contributed by atoms with Gasteiger partial charge in [-0.2, -0.15) is 8.42 Å². The molecule has 0 radical (unpaired) electrons. The van der Waals surface area contributed by atoms with Crippen LogP contribution in [0, 0.1) is 13.8 Å². The highest BCUT2D eigenvalue weighted by Crippen LogP contribution is 2.26. The van der Waals surface area contributed by atoms with E-state index < -0.39 is 16.2 Å². The lowest BCUT2D eigenvalue weighted by molar-refractivity contribution is 0.181. The van der Waals surface area contributed by atoms with Gasteiger partial charge in [0.15, 0.2) is 5.43 Å². The Bertz CT molecular complexity index is 599. The van der Waals surface area contributed by atoms with E-state index in [0.29, 0.717) is 11.1 Å². The van der Waals surface area contributed by atoms with Crippen LogP contribution in [0.2, 0.25) is 0 Å². The molecule has 1 aromatic rings. The molecule has 0 spiro atoms. The summed E-state index contributed by atoms with van der Waals surface area (Å²) in [5, 5.41) is 0. The molecule has 0 aliphatic carbocycles. The van der Waals surface area contributed by atoms with Crippen LogP contribution in [0.1, 0.15) is 29.9 Å². The van der Waals surface area contributed by atoms with Crippen molar-refractivity contribution in [3.8, 4) is 5.95 Å². The molecule has 1 atom stereocenters. The minimum absolute atomic E-state index is 0.0598. The van der Waals surface area contributed by atoms with E-state index in [-0.39, 0.29) is 17.1 Å². The van der Waals surface area contributed by atoms with Gasteiger partial charge in [0.25, 0.3) is 16.1 Å². The van der Waals surface area contributed by atoms with Gasteiger partial charge in [-0.15, -0.1) is 0 Å². The molecule has 0 amide bonds. The van der Waals surface area contributed by atoms with Crippen molar-refractivity contribution in [3.63, 3.8) is 0 Å². The van der Waals surface area contributed by atoms with Gasteiger partial charge in [0.1, 0.15) is 11.9 Å². The molecule has 0 fully saturated rings. The summed E-state index contributed by atoms with van der Waals surface area (Å²) >= 11 is 0. The summed E-state index contributed by atoms with van der Waals surface area (Å²) in [6.45, 7) is 4.61. The fourth-order valence-electron chi connectivity index (χ4n) is 1.63. The summed E-state index contributed by atoms with van der Waals surface area (Å²) in [6, 6.07) is 0. The van der Waals surface area contributed by atoms with E-state index in [2.05, 4.69) is 0 Å². The van der Waals surface area contributed by atoms with Crippen LogP contribution in [0.3, 0.4) is 0 Å². The zero-order chi connectivity index (χ0) is 14.1. The zero-order valence-corrected chi connectivity index (χ0v) is 11.8. The molecule has 18 heavy (non-hydrogen) atoms. The normalized spacial score (nSPS) is 13.4. The third-order valence-electron chi connectivity index (χ3n) is 2.43. The van der Waals surface area contributed by atoms with Crippen LogP contribution in [0.15, 0.2) is 9.21 Å². The van der Waals surface area contributed by atoms with Gasteiger partial charge in [-0.25, -0.2) is 0 Å². The van der Waals surface area contributed by atoms with Gasteiger partial charge < -0.3 is 9.15 Å². The SMILES string of the molecule is COc1oc(C(C)OS(C)(=O)=O)c(C)c(=O)c1C. The van der Waals surface area contributed by atoms with Crippen LogP contribution >= 0.6 is 0 Å². The third kappa shape index (κ3) is 3.11. The summed E-state index contributed by atoms with van der Waals surface area (Å²) in [6.07, 6.45) is 0.0460. The molecule has 0 aliphatic heterocycles. The van der Waals surface area contributed by atoms with E-state index >= 15 is 0 Å². The maximum Gasteiger partial charge on any atom is 0.291 e. The van der Waals surface area contributed by atoms with Gasteiger partial charge in [-0.1, -0.05) is 0 Å². The number of rotatable bonds is 4. The maximum atomic E-state index is 11.9. The summed E-state index contributed by atoms with van der Waals surface area (Å²) in [5.41, 5.74) is 0.395. The molecule has 6 nitrogen and oxygen atoms in total. The van der Waals surface area contributed by atoms with Crippen LogP contribution in [-0.4, -0.2) is 21.8 Å². The molecule has 0 aliphatic rings. The summed E-state index contributed by atoms with van der Waals surface area (Å²) in [7, 11) is -2.27. The highest BCUT2D eigenvalue weighted by atomic mass is 32.2. The molecule has 1 heterocycles. The summed E-state index contributed by atoms with van der Waals surface area (Å²) in [4.78, 5) is 11.9. The van der Waals surface area contributed by atoms with Crippen molar-refractivity contribution in [3.05, 3.63) is 27.1 Å². The van der Waals surface area contributed by atoms with Crippen molar-refractivity contribution < 1.29 is 21.8 Å². The molecule has 0 saturated carbocycles. The Morgan fingerprint density at radius 1 is 1.22 bits per heavy atom. The van der Waals surface area contributed by atoms with Crippen LogP contribution in [0.5, 0.6) is 5.95 Å². The number of ether oxygens (including phenoxy) is 1. The molecule has 7 heteroatoms. The molecule has 102 valence electrons. The minimum Gasteiger partial charge on any atom is -0.468 e. The van der Waals surface area contributed by atoms with Crippen molar-refractivity contribution in [2.75, 3.05) is 13.4 Å². The van der Waals surface area contributed by atoms with E-state index in [1.165, 1.54) is 14.0 Å². The first-order chi connectivity index (χ1) is 8.17. The monoisotopic (exact) mass is 276 g/mol. The first-order valence-electron chi connectivity index (χ1n) is 5.23. The largest absolute Gasteiger partial charge is 0.468 e. The third-order valence-corrected chi connectivity index (χ3v) is 3.07. The molecule has 0 bridgehead atoms. The van der Waals surface area contributed by atoms with Gasteiger partial charge in [-0.3, -0.25) is 8.98 Å². The lowest BCUT2D eigenvalue weighted by atomic mass is 10.1. The standard InChI is InChI=1S/C11H16O6S/c1-6-9(12)7(2)11(15-4)16-10(6)8(3)17-18(5,13)14/h8H,1-5H3. The topological polar surface area (TPSA) is 82.8 Å². The second kappa shape index (κ2) is 5.11. The highest BCUT2D eigenvalue weighted by Gasteiger charge is 2.22. The fraction of sp³-hybridized carbons (Fsp3) is 0.545. The van der Waals surface area contributed by atoms with E-state index in [1.807, 2.05) is 0 Å². The first kappa shape index (κ1) is 14.7. The van der Waals surface area contributed by atoms with Crippen molar-refractivity contribution in [2.24, 2.45) is 0 Å². The average molecular weight is 276 g/mol. The van der Waals surface area contributed by atoms with Crippen molar-refractivity contribution in [1.29, 1.82) is 0 Å². The van der Waals surface area contributed by atoms with Crippen LogP contribution in [-0.2, 0) is 14.3 Å². The Labute approximate surface area is 106 Å². The zero-order valence-electron chi connectivity index (χ0n) is 10.9. The van der Waals surface area contributed by atoms with E-state index in [9.17, 15) is 13.2 Å². The van der Waals surface area contributed by atoms with E-state index in [4.69, 9.17) is 13.3 Å². The maximum absolute atomic E-state index is 11.9. The summed E-state index contributed by atoms with van der Waals surface area (Å²) in [5.74, 6) is 0.206. The molecule has 0 saturated heterocycles. The Morgan fingerprint density at radius 3 is 2.22 bits per heavy atom. The van der Waals surface area contributed by atoms with Gasteiger partial charge in [0, 0.05) is 5.56 Å². The minimum atomic E-state index is -3.63.